The minimum atomic E-state index is -0.0391. The Morgan fingerprint density at radius 2 is 1.00 bits per heavy atom. The molecule has 3 heteroatoms. The standard InChI is InChI=1S/C29H40N2O/c1-17-15-23(27(30)19(3)25(17)21-11-7-5-8-12-21)29(32)24-16-18(2)26(20(4)28(24)31)22-13-9-6-10-14-22/h15-16,21-22H,5-14,30-31H2,1-4H3. The molecule has 2 aromatic rings. The van der Waals surface area contributed by atoms with Crippen LogP contribution in [0.4, 0.5) is 11.4 Å². The molecule has 0 radical (unpaired) electrons. The maximum absolute atomic E-state index is 13.7. The Balaban J connectivity index is 1.73. The van der Waals surface area contributed by atoms with Gasteiger partial charge in [-0.25, -0.2) is 0 Å². The van der Waals surface area contributed by atoms with Crippen molar-refractivity contribution in [3.8, 4) is 0 Å². The van der Waals surface area contributed by atoms with Crippen molar-refractivity contribution in [2.24, 2.45) is 0 Å². The number of nitrogens with two attached hydrogens (primary N) is 2. The predicted molar refractivity (Wildman–Crippen MR) is 136 cm³/mol. The van der Waals surface area contributed by atoms with E-state index in [-0.39, 0.29) is 5.78 Å². The first-order valence-corrected chi connectivity index (χ1v) is 12.6. The zero-order valence-electron chi connectivity index (χ0n) is 20.4. The molecule has 0 spiro atoms. The van der Waals surface area contributed by atoms with Crippen LogP contribution in [0.25, 0.3) is 0 Å². The lowest BCUT2D eigenvalue weighted by Crippen LogP contribution is -2.16. The molecule has 172 valence electrons. The average Bonchev–Trinajstić information content (AvgIpc) is 2.80. The number of aryl methyl sites for hydroxylation is 2. The molecule has 0 saturated heterocycles. The third kappa shape index (κ3) is 4.07. The number of hydrogen-bond donors (Lipinski definition) is 2. The molecule has 0 heterocycles. The van der Waals surface area contributed by atoms with Gasteiger partial charge >= 0.3 is 0 Å². The summed E-state index contributed by atoms with van der Waals surface area (Å²) in [7, 11) is 0. The molecule has 2 aromatic carbocycles. The van der Waals surface area contributed by atoms with Gasteiger partial charge in [0.15, 0.2) is 5.78 Å². The van der Waals surface area contributed by atoms with Crippen LogP contribution in [0.3, 0.4) is 0 Å². The minimum absolute atomic E-state index is 0.0391. The van der Waals surface area contributed by atoms with Gasteiger partial charge in [-0.15, -0.1) is 0 Å². The van der Waals surface area contributed by atoms with Crippen LogP contribution in [0.2, 0.25) is 0 Å². The summed E-state index contributed by atoms with van der Waals surface area (Å²) in [6.45, 7) is 8.46. The first kappa shape index (κ1) is 22.9. The molecule has 2 aliphatic carbocycles. The van der Waals surface area contributed by atoms with Crippen molar-refractivity contribution in [3.63, 3.8) is 0 Å². The second-order valence-electron chi connectivity index (χ2n) is 10.4. The molecule has 4 N–H and O–H groups in total. The van der Waals surface area contributed by atoms with Crippen LogP contribution in [0, 0.1) is 27.7 Å². The molecule has 2 saturated carbocycles. The molecule has 0 amide bonds. The fraction of sp³-hybridized carbons (Fsp3) is 0.552. The van der Waals surface area contributed by atoms with E-state index in [0.29, 0.717) is 34.3 Å². The largest absolute Gasteiger partial charge is 0.398 e. The van der Waals surface area contributed by atoms with Crippen LogP contribution in [0.15, 0.2) is 12.1 Å². The zero-order chi connectivity index (χ0) is 23.0. The van der Waals surface area contributed by atoms with Gasteiger partial charge in [0.25, 0.3) is 0 Å². The van der Waals surface area contributed by atoms with Crippen molar-refractivity contribution in [2.45, 2.75) is 104 Å². The molecular formula is C29H40N2O. The topological polar surface area (TPSA) is 69.1 Å². The Morgan fingerprint density at radius 1 is 0.656 bits per heavy atom. The van der Waals surface area contributed by atoms with E-state index < -0.39 is 0 Å². The van der Waals surface area contributed by atoms with Crippen molar-refractivity contribution in [1.29, 1.82) is 0 Å². The van der Waals surface area contributed by atoms with Gasteiger partial charge in [0.1, 0.15) is 0 Å². The highest BCUT2D eigenvalue weighted by molar-refractivity contribution is 6.15. The number of nitrogen functional groups attached to an aromatic ring is 2. The van der Waals surface area contributed by atoms with E-state index in [1.165, 1.54) is 86.5 Å². The second-order valence-corrected chi connectivity index (χ2v) is 10.4. The zero-order valence-corrected chi connectivity index (χ0v) is 20.4. The minimum Gasteiger partial charge on any atom is -0.398 e. The Bertz CT molecular complexity index is 943. The number of carbonyl (C=O) groups is 1. The lowest BCUT2D eigenvalue weighted by atomic mass is 9.77. The number of hydrogen-bond acceptors (Lipinski definition) is 3. The average molecular weight is 433 g/mol. The number of ketones is 1. The Labute approximate surface area is 194 Å². The quantitative estimate of drug-likeness (QED) is 0.390. The predicted octanol–water partition coefficient (Wildman–Crippen LogP) is 7.41. The number of carbonyl (C=O) groups excluding carboxylic acids is 1. The molecule has 2 fully saturated rings. The molecule has 0 aromatic heterocycles. The van der Waals surface area contributed by atoms with Crippen molar-refractivity contribution >= 4 is 17.2 Å². The van der Waals surface area contributed by atoms with Gasteiger partial charge in [-0.05, 0) is 111 Å². The van der Waals surface area contributed by atoms with Gasteiger partial charge in [-0.3, -0.25) is 4.79 Å². The van der Waals surface area contributed by atoms with E-state index in [1.807, 2.05) is 12.1 Å². The fourth-order valence-corrected chi connectivity index (χ4v) is 6.59. The number of rotatable bonds is 4. The molecule has 0 unspecified atom stereocenters. The van der Waals surface area contributed by atoms with Gasteiger partial charge in [-0.1, -0.05) is 38.5 Å². The summed E-state index contributed by atoms with van der Waals surface area (Å²) < 4.78 is 0. The summed E-state index contributed by atoms with van der Waals surface area (Å²) in [5.41, 5.74) is 23.0. The summed E-state index contributed by atoms with van der Waals surface area (Å²) >= 11 is 0. The van der Waals surface area contributed by atoms with Crippen LogP contribution in [0.1, 0.15) is 125 Å². The fourth-order valence-electron chi connectivity index (χ4n) is 6.59. The van der Waals surface area contributed by atoms with Gasteiger partial charge in [0, 0.05) is 22.5 Å². The van der Waals surface area contributed by atoms with Crippen LogP contribution < -0.4 is 11.5 Å². The van der Waals surface area contributed by atoms with E-state index in [4.69, 9.17) is 11.5 Å². The number of benzene rings is 2. The molecule has 4 rings (SSSR count). The smallest absolute Gasteiger partial charge is 0.197 e. The summed E-state index contributed by atoms with van der Waals surface area (Å²) in [6, 6.07) is 4.04. The Hall–Kier alpha value is -2.29. The molecule has 0 atom stereocenters. The van der Waals surface area contributed by atoms with Crippen LogP contribution in [-0.2, 0) is 0 Å². The van der Waals surface area contributed by atoms with E-state index in [1.54, 1.807) is 0 Å². The second kappa shape index (κ2) is 9.29. The van der Waals surface area contributed by atoms with Gasteiger partial charge < -0.3 is 11.5 Å². The van der Waals surface area contributed by atoms with Crippen LogP contribution in [-0.4, -0.2) is 5.78 Å². The molecular weight excluding hydrogens is 392 g/mol. The van der Waals surface area contributed by atoms with E-state index in [0.717, 1.165) is 11.1 Å². The highest BCUT2D eigenvalue weighted by Gasteiger charge is 2.27. The van der Waals surface area contributed by atoms with Crippen LogP contribution >= 0.6 is 0 Å². The molecule has 2 aliphatic rings. The normalized spacial score (nSPS) is 18.1. The van der Waals surface area contributed by atoms with Crippen molar-refractivity contribution in [2.75, 3.05) is 11.5 Å². The summed E-state index contributed by atoms with van der Waals surface area (Å²) in [5.74, 6) is 1.10. The van der Waals surface area contributed by atoms with Crippen molar-refractivity contribution in [3.05, 3.63) is 56.6 Å². The summed E-state index contributed by atoms with van der Waals surface area (Å²) in [4.78, 5) is 13.7. The monoisotopic (exact) mass is 432 g/mol. The van der Waals surface area contributed by atoms with Crippen molar-refractivity contribution in [1.82, 2.24) is 0 Å². The maximum Gasteiger partial charge on any atom is 0.197 e. The lowest BCUT2D eigenvalue weighted by molar-refractivity contribution is 0.104. The molecule has 0 aliphatic heterocycles. The van der Waals surface area contributed by atoms with E-state index >= 15 is 0 Å². The number of anilines is 2. The Kier molecular flexibility index (Phi) is 6.65. The first-order chi connectivity index (χ1) is 15.3. The maximum atomic E-state index is 13.7. The van der Waals surface area contributed by atoms with E-state index in [9.17, 15) is 4.79 Å². The highest BCUT2D eigenvalue weighted by Crippen LogP contribution is 2.41. The SMILES string of the molecule is Cc1cc(C(=O)c2cc(C)c(C3CCCCC3)c(C)c2N)c(N)c(C)c1C1CCCCC1. The Morgan fingerprint density at radius 3 is 1.34 bits per heavy atom. The lowest BCUT2D eigenvalue weighted by Gasteiger charge is -2.28. The van der Waals surface area contributed by atoms with Gasteiger partial charge in [0.05, 0.1) is 0 Å². The third-order valence-corrected chi connectivity index (χ3v) is 8.28. The van der Waals surface area contributed by atoms with E-state index in [2.05, 4.69) is 27.7 Å². The van der Waals surface area contributed by atoms with Gasteiger partial charge in [-0.2, -0.15) is 0 Å². The van der Waals surface area contributed by atoms with Crippen LogP contribution in [0.5, 0.6) is 0 Å². The summed E-state index contributed by atoms with van der Waals surface area (Å²) in [6.07, 6.45) is 12.7. The summed E-state index contributed by atoms with van der Waals surface area (Å²) in [5, 5.41) is 0. The molecule has 32 heavy (non-hydrogen) atoms. The van der Waals surface area contributed by atoms with Crippen molar-refractivity contribution < 1.29 is 4.79 Å². The third-order valence-electron chi connectivity index (χ3n) is 8.28. The molecule has 0 bridgehead atoms. The molecule has 3 nitrogen and oxygen atoms in total. The highest BCUT2D eigenvalue weighted by atomic mass is 16.1. The van der Waals surface area contributed by atoms with Gasteiger partial charge in [0.2, 0.25) is 0 Å². The first-order valence-electron chi connectivity index (χ1n) is 12.6.